The van der Waals surface area contributed by atoms with Gasteiger partial charge in [-0.25, -0.2) is 0 Å². The molecule has 5 nitrogen and oxygen atoms in total. The first-order valence-corrected chi connectivity index (χ1v) is 9.13. The highest BCUT2D eigenvalue weighted by Crippen LogP contribution is 2.64. The molecule has 4 unspecified atom stereocenters. The molecule has 2 fully saturated rings. The van der Waals surface area contributed by atoms with Crippen molar-refractivity contribution in [1.82, 2.24) is 4.90 Å². The molecule has 2 heterocycles. The molecule has 1 aromatic carbocycles. The molecule has 1 spiro atoms. The van der Waals surface area contributed by atoms with E-state index in [2.05, 4.69) is 24.1 Å². The van der Waals surface area contributed by atoms with Crippen molar-refractivity contribution in [3.05, 3.63) is 28.8 Å². The van der Waals surface area contributed by atoms with E-state index in [0.29, 0.717) is 12.8 Å². The Bertz CT molecular complexity index is 818. The second kappa shape index (κ2) is 4.64. The summed E-state index contributed by atoms with van der Waals surface area (Å²) in [5, 5.41) is 0. The van der Waals surface area contributed by atoms with Gasteiger partial charge in [-0.1, -0.05) is 12.1 Å². The maximum absolute atomic E-state index is 12.9. The highest BCUT2D eigenvalue weighted by molar-refractivity contribution is 5.90. The summed E-state index contributed by atoms with van der Waals surface area (Å²) in [7, 11) is 2.10. The van der Waals surface area contributed by atoms with Gasteiger partial charge in [-0.2, -0.15) is 0 Å². The van der Waals surface area contributed by atoms with Crippen molar-refractivity contribution >= 4 is 11.8 Å². The Labute approximate surface area is 147 Å². The van der Waals surface area contributed by atoms with E-state index in [0.717, 1.165) is 36.3 Å². The highest BCUT2D eigenvalue weighted by atomic mass is 16.6. The number of rotatable bonds is 1. The summed E-state index contributed by atoms with van der Waals surface area (Å²) in [4.78, 5) is 27.3. The number of nitrogens with zero attached hydrogens (tertiary/aromatic N) is 1. The van der Waals surface area contributed by atoms with Crippen LogP contribution in [0.2, 0.25) is 0 Å². The molecule has 2 aliphatic carbocycles. The van der Waals surface area contributed by atoms with E-state index in [4.69, 9.17) is 9.47 Å². The third kappa shape index (κ3) is 1.59. The lowest BCUT2D eigenvalue weighted by Gasteiger charge is -2.63. The highest BCUT2D eigenvalue weighted by Gasteiger charge is 2.74. The van der Waals surface area contributed by atoms with Crippen LogP contribution in [0.4, 0.5) is 0 Å². The predicted octanol–water partition coefficient (Wildman–Crippen LogP) is 1.92. The third-order valence-electron chi connectivity index (χ3n) is 7.03. The number of esters is 1. The van der Waals surface area contributed by atoms with E-state index < -0.39 is 17.1 Å². The van der Waals surface area contributed by atoms with Gasteiger partial charge in [0.1, 0.15) is 11.4 Å². The lowest BCUT2D eigenvalue weighted by molar-refractivity contribution is -0.211. The number of likely N-dealkylation sites (tertiary alicyclic amines) is 1. The van der Waals surface area contributed by atoms with Gasteiger partial charge in [0.25, 0.3) is 0 Å². The minimum absolute atomic E-state index is 0.0884. The van der Waals surface area contributed by atoms with Gasteiger partial charge in [0.2, 0.25) is 0 Å². The van der Waals surface area contributed by atoms with Crippen molar-refractivity contribution in [2.75, 3.05) is 13.6 Å². The number of carbonyl (C=O) groups excluding carboxylic acids is 2. The predicted molar refractivity (Wildman–Crippen MR) is 90.8 cm³/mol. The number of Topliss-reactive ketones (excluding diaryl/α,β-unsaturated/α-hetero) is 1. The normalized spacial score (nSPS) is 38.1. The second-order valence-corrected chi connectivity index (χ2v) is 8.11. The molecule has 0 aromatic heterocycles. The fourth-order valence-corrected chi connectivity index (χ4v) is 6.12. The first-order valence-electron chi connectivity index (χ1n) is 9.13. The van der Waals surface area contributed by atoms with Gasteiger partial charge in [0, 0.05) is 18.9 Å². The summed E-state index contributed by atoms with van der Waals surface area (Å²) in [6.07, 6.45) is 2.09. The summed E-state index contributed by atoms with van der Waals surface area (Å²) in [5.41, 5.74) is 2.26. The van der Waals surface area contributed by atoms with E-state index in [1.807, 2.05) is 6.92 Å². The van der Waals surface area contributed by atoms with E-state index >= 15 is 0 Å². The van der Waals surface area contributed by atoms with Crippen molar-refractivity contribution in [2.24, 2.45) is 0 Å². The molecule has 2 aliphatic heterocycles. The second-order valence-electron chi connectivity index (χ2n) is 8.11. The van der Waals surface area contributed by atoms with Crippen LogP contribution in [0.1, 0.15) is 42.9 Å². The number of ether oxygens (including phenoxy) is 2. The van der Waals surface area contributed by atoms with E-state index in [9.17, 15) is 9.59 Å². The third-order valence-corrected chi connectivity index (χ3v) is 7.03. The molecule has 0 radical (unpaired) electrons. The Morgan fingerprint density at radius 1 is 1.36 bits per heavy atom. The molecule has 0 amide bonds. The van der Waals surface area contributed by atoms with Gasteiger partial charge in [-0.3, -0.25) is 14.5 Å². The molecule has 4 atom stereocenters. The summed E-state index contributed by atoms with van der Waals surface area (Å²) >= 11 is 0. The van der Waals surface area contributed by atoms with Gasteiger partial charge < -0.3 is 9.47 Å². The van der Waals surface area contributed by atoms with Gasteiger partial charge in [0.15, 0.2) is 11.9 Å². The van der Waals surface area contributed by atoms with E-state index in [1.165, 1.54) is 12.5 Å². The Hall–Kier alpha value is -1.88. The van der Waals surface area contributed by atoms with Crippen LogP contribution in [0.15, 0.2) is 12.1 Å². The summed E-state index contributed by atoms with van der Waals surface area (Å²) < 4.78 is 12.5. The topological polar surface area (TPSA) is 55.8 Å². The number of piperidine rings is 1. The fourth-order valence-electron chi connectivity index (χ4n) is 6.12. The lowest BCUT2D eigenvalue weighted by atomic mass is 9.49. The molecule has 1 aromatic rings. The summed E-state index contributed by atoms with van der Waals surface area (Å²) in [6.45, 7) is 4.39. The average Bonchev–Trinajstić information content (AvgIpc) is 2.91. The van der Waals surface area contributed by atoms with Crippen molar-refractivity contribution in [2.45, 2.75) is 62.7 Å². The van der Waals surface area contributed by atoms with Crippen molar-refractivity contribution in [3.8, 4) is 5.75 Å². The number of hydrogen-bond donors (Lipinski definition) is 0. The molecular formula is C20H23NO4. The van der Waals surface area contributed by atoms with Crippen LogP contribution >= 0.6 is 0 Å². The smallest absolute Gasteiger partial charge is 0.303 e. The number of likely N-dealkylation sites (N-methyl/N-ethyl adjacent to an activating group) is 1. The molecule has 5 rings (SSSR count). The van der Waals surface area contributed by atoms with Crippen molar-refractivity contribution in [3.63, 3.8) is 0 Å². The van der Waals surface area contributed by atoms with Crippen LogP contribution in [0.5, 0.6) is 5.75 Å². The van der Waals surface area contributed by atoms with Crippen LogP contribution in [0, 0.1) is 6.92 Å². The zero-order chi connectivity index (χ0) is 17.6. The Balaban J connectivity index is 1.86. The minimum Gasteiger partial charge on any atom is -0.481 e. The molecule has 1 saturated carbocycles. The van der Waals surface area contributed by atoms with Crippen molar-refractivity contribution < 1.29 is 19.1 Å². The van der Waals surface area contributed by atoms with Crippen LogP contribution in [-0.2, 0) is 26.2 Å². The summed E-state index contributed by atoms with van der Waals surface area (Å²) in [5.74, 6) is 0.740. The molecule has 0 N–H and O–H groups in total. The maximum atomic E-state index is 12.9. The van der Waals surface area contributed by atoms with Crippen molar-refractivity contribution in [1.29, 1.82) is 0 Å². The SMILES string of the molecule is CC(=O)OC12CCC(=O)C3Oc4c(C)ccc5c4C31CCN(C)C2C5. The Kier molecular flexibility index (Phi) is 2.85. The number of hydrogen-bond acceptors (Lipinski definition) is 5. The zero-order valence-corrected chi connectivity index (χ0v) is 14.9. The lowest BCUT2D eigenvalue weighted by Crippen LogP contribution is -2.77. The standard InChI is InChI=1S/C20H23NO4/c1-11-4-5-13-10-15-20(25-12(2)22)7-6-14(23)18-19(20,8-9-21(15)3)16(13)17(11)24-18/h4-5,15,18H,6-10H2,1-3H3. The molecule has 1 saturated heterocycles. The van der Waals surface area contributed by atoms with Gasteiger partial charge in [-0.15, -0.1) is 0 Å². The molecule has 4 aliphatic rings. The first-order chi connectivity index (χ1) is 11.9. The molecule has 2 bridgehead atoms. The molecular weight excluding hydrogens is 318 g/mol. The summed E-state index contributed by atoms with van der Waals surface area (Å²) in [6, 6.07) is 4.34. The largest absolute Gasteiger partial charge is 0.481 e. The number of aryl methyl sites for hydroxylation is 1. The maximum Gasteiger partial charge on any atom is 0.303 e. The van der Waals surface area contributed by atoms with Crippen LogP contribution in [-0.4, -0.2) is 48.0 Å². The average molecular weight is 341 g/mol. The quantitative estimate of drug-likeness (QED) is 0.731. The monoisotopic (exact) mass is 341 g/mol. The molecule has 5 heteroatoms. The zero-order valence-electron chi connectivity index (χ0n) is 14.9. The fraction of sp³-hybridized carbons (Fsp3) is 0.600. The van der Waals surface area contributed by atoms with E-state index in [-0.39, 0.29) is 17.8 Å². The Morgan fingerprint density at radius 3 is 2.92 bits per heavy atom. The van der Waals surface area contributed by atoms with Crippen LogP contribution in [0.3, 0.4) is 0 Å². The number of benzene rings is 1. The van der Waals surface area contributed by atoms with E-state index in [1.54, 1.807) is 0 Å². The number of carbonyl (C=O) groups is 2. The number of ketones is 1. The Morgan fingerprint density at radius 2 is 2.16 bits per heavy atom. The van der Waals surface area contributed by atoms with Crippen LogP contribution < -0.4 is 4.74 Å². The van der Waals surface area contributed by atoms with Gasteiger partial charge >= 0.3 is 5.97 Å². The molecule has 132 valence electrons. The van der Waals surface area contributed by atoms with Gasteiger partial charge in [-0.05, 0) is 50.9 Å². The molecule has 25 heavy (non-hydrogen) atoms. The first kappa shape index (κ1) is 15.4. The van der Waals surface area contributed by atoms with Gasteiger partial charge in [0.05, 0.1) is 11.5 Å². The van der Waals surface area contributed by atoms with Crippen LogP contribution in [0.25, 0.3) is 0 Å². The minimum atomic E-state index is -0.670.